The first-order valence-electron chi connectivity index (χ1n) is 8.79. The van der Waals surface area contributed by atoms with Gasteiger partial charge in [-0.15, -0.1) is 0 Å². The van der Waals surface area contributed by atoms with Crippen LogP contribution in [0.4, 0.5) is 5.69 Å². The van der Waals surface area contributed by atoms with Gasteiger partial charge in [-0.05, 0) is 50.6 Å². The first kappa shape index (κ1) is 15.8. The molecule has 5 nitrogen and oxygen atoms in total. The zero-order chi connectivity index (χ0) is 17.2. The van der Waals surface area contributed by atoms with Crippen molar-refractivity contribution in [1.29, 1.82) is 0 Å². The number of benzene rings is 2. The summed E-state index contributed by atoms with van der Waals surface area (Å²) in [5.74, 6) is 0.924. The summed E-state index contributed by atoms with van der Waals surface area (Å²) in [7, 11) is 0. The third-order valence-corrected chi connectivity index (χ3v) is 4.82. The number of para-hydroxylation sites is 3. The molecule has 2 heterocycles. The molecular formula is C20H22N4O. The van der Waals surface area contributed by atoms with E-state index in [0.717, 1.165) is 47.5 Å². The Bertz CT molecular complexity index is 868. The number of carbonyl (C=O) groups is 1. The first-order chi connectivity index (χ1) is 12.2. The number of aromatic nitrogens is 2. The van der Waals surface area contributed by atoms with E-state index in [4.69, 9.17) is 0 Å². The number of fused-ring (bicyclic) bond motifs is 1. The molecular weight excluding hydrogens is 312 g/mol. The average Bonchev–Trinajstić information content (AvgIpc) is 3.06. The highest BCUT2D eigenvalue weighted by atomic mass is 16.1. The number of anilines is 1. The number of nitrogens with zero attached hydrogens (tertiary/aromatic N) is 1. The largest absolute Gasteiger partial charge is 0.338 e. The molecule has 0 aliphatic carbocycles. The van der Waals surface area contributed by atoms with Crippen LogP contribution in [0.5, 0.6) is 0 Å². The molecule has 0 bridgehead atoms. The van der Waals surface area contributed by atoms with Crippen molar-refractivity contribution >= 4 is 22.6 Å². The maximum Gasteiger partial charge on any atom is 0.227 e. The quantitative estimate of drug-likeness (QED) is 0.686. The highest BCUT2D eigenvalue weighted by molar-refractivity contribution is 5.96. The molecule has 128 valence electrons. The van der Waals surface area contributed by atoms with E-state index in [1.54, 1.807) is 0 Å². The smallest absolute Gasteiger partial charge is 0.227 e. The van der Waals surface area contributed by atoms with Gasteiger partial charge in [0, 0.05) is 17.5 Å². The Morgan fingerprint density at radius 3 is 2.80 bits per heavy atom. The van der Waals surface area contributed by atoms with Crippen LogP contribution in [-0.4, -0.2) is 28.5 Å². The van der Waals surface area contributed by atoms with Gasteiger partial charge in [-0.3, -0.25) is 4.79 Å². The van der Waals surface area contributed by atoms with Crippen LogP contribution in [-0.2, 0) is 4.79 Å². The molecule has 1 aliphatic heterocycles. The van der Waals surface area contributed by atoms with Crippen LogP contribution in [0.15, 0.2) is 48.5 Å². The molecule has 0 saturated carbocycles. The van der Waals surface area contributed by atoms with Gasteiger partial charge in [0.25, 0.3) is 0 Å². The van der Waals surface area contributed by atoms with Gasteiger partial charge in [0.2, 0.25) is 5.91 Å². The molecule has 1 amide bonds. The number of amides is 1. The van der Waals surface area contributed by atoms with Crippen LogP contribution in [0.3, 0.4) is 0 Å². The van der Waals surface area contributed by atoms with E-state index in [2.05, 4.69) is 27.5 Å². The van der Waals surface area contributed by atoms with Crippen LogP contribution in [0.2, 0.25) is 0 Å². The van der Waals surface area contributed by atoms with Gasteiger partial charge in [0.15, 0.2) is 0 Å². The third kappa shape index (κ3) is 3.28. The Morgan fingerprint density at radius 2 is 1.96 bits per heavy atom. The summed E-state index contributed by atoms with van der Waals surface area (Å²) in [4.78, 5) is 20.7. The Labute approximate surface area is 146 Å². The summed E-state index contributed by atoms with van der Waals surface area (Å²) in [5, 5.41) is 6.50. The maximum atomic E-state index is 12.7. The fraction of sp³-hybridized carbons (Fsp3) is 0.300. The first-order valence-corrected chi connectivity index (χ1v) is 8.79. The molecule has 4 rings (SSSR count). The minimum atomic E-state index is 0.0555. The van der Waals surface area contributed by atoms with Crippen LogP contribution >= 0.6 is 0 Å². The van der Waals surface area contributed by atoms with E-state index in [0.29, 0.717) is 6.04 Å². The third-order valence-electron chi connectivity index (χ3n) is 4.82. The van der Waals surface area contributed by atoms with Crippen molar-refractivity contribution in [1.82, 2.24) is 15.3 Å². The molecule has 0 spiro atoms. The van der Waals surface area contributed by atoms with Gasteiger partial charge >= 0.3 is 0 Å². The molecule has 1 saturated heterocycles. The molecule has 25 heavy (non-hydrogen) atoms. The lowest BCUT2D eigenvalue weighted by atomic mass is 9.92. The maximum absolute atomic E-state index is 12.7. The standard InChI is InChI=1S/C20H22N4O/c1-13-12-14(10-11-21-13)20(25)24-16-7-3-2-6-15(16)19-22-17-8-4-5-9-18(17)23-19/h2-9,13-14,21H,10-12H2,1H3,(H,22,23)(H,24,25)/t13-,14-/m0/s1. The van der Waals surface area contributed by atoms with Gasteiger partial charge in [-0.2, -0.15) is 0 Å². The van der Waals surface area contributed by atoms with E-state index in [-0.39, 0.29) is 11.8 Å². The second-order valence-electron chi connectivity index (χ2n) is 6.71. The van der Waals surface area contributed by atoms with Gasteiger partial charge in [-0.1, -0.05) is 24.3 Å². The van der Waals surface area contributed by atoms with Gasteiger partial charge < -0.3 is 15.6 Å². The highest BCUT2D eigenvalue weighted by Crippen LogP contribution is 2.28. The summed E-state index contributed by atoms with van der Waals surface area (Å²) >= 11 is 0. The second kappa shape index (κ2) is 6.69. The van der Waals surface area contributed by atoms with Crippen molar-refractivity contribution in [2.24, 2.45) is 5.92 Å². The van der Waals surface area contributed by atoms with Crippen LogP contribution < -0.4 is 10.6 Å². The van der Waals surface area contributed by atoms with Crippen molar-refractivity contribution in [3.63, 3.8) is 0 Å². The SMILES string of the molecule is C[C@H]1C[C@@H](C(=O)Nc2ccccc2-c2nc3ccccc3[nH]2)CCN1. The number of nitrogens with one attached hydrogen (secondary N) is 3. The normalized spacial score (nSPS) is 20.5. The Hall–Kier alpha value is -2.66. The van der Waals surface area contributed by atoms with E-state index in [1.807, 2.05) is 48.5 Å². The lowest BCUT2D eigenvalue weighted by Gasteiger charge is -2.27. The Morgan fingerprint density at radius 1 is 1.16 bits per heavy atom. The van der Waals surface area contributed by atoms with Crippen LogP contribution in [0.1, 0.15) is 19.8 Å². The molecule has 1 fully saturated rings. The summed E-state index contributed by atoms with van der Waals surface area (Å²) in [6.45, 7) is 3.02. The monoisotopic (exact) mass is 334 g/mol. The highest BCUT2D eigenvalue weighted by Gasteiger charge is 2.25. The number of carbonyl (C=O) groups excluding carboxylic acids is 1. The molecule has 1 aromatic heterocycles. The van der Waals surface area contributed by atoms with Crippen molar-refractivity contribution in [2.45, 2.75) is 25.8 Å². The lowest BCUT2D eigenvalue weighted by molar-refractivity contribution is -0.120. The minimum Gasteiger partial charge on any atom is -0.338 e. The van der Waals surface area contributed by atoms with Gasteiger partial charge in [0.1, 0.15) is 5.82 Å². The predicted molar refractivity (Wildman–Crippen MR) is 100 cm³/mol. The number of H-pyrrole nitrogens is 1. The van der Waals surface area contributed by atoms with Crippen LogP contribution in [0, 0.1) is 5.92 Å². The number of rotatable bonds is 3. The molecule has 1 aliphatic rings. The van der Waals surface area contributed by atoms with Gasteiger partial charge in [-0.25, -0.2) is 4.98 Å². The molecule has 2 atom stereocenters. The van der Waals surface area contributed by atoms with Gasteiger partial charge in [0.05, 0.1) is 16.7 Å². The van der Waals surface area contributed by atoms with Crippen molar-refractivity contribution in [3.05, 3.63) is 48.5 Å². The van der Waals surface area contributed by atoms with Crippen molar-refractivity contribution < 1.29 is 4.79 Å². The molecule has 2 aromatic carbocycles. The molecule has 0 unspecified atom stereocenters. The fourth-order valence-electron chi connectivity index (χ4n) is 3.48. The lowest BCUT2D eigenvalue weighted by Crippen LogP contribution is -2.40. The average molecular weight is 334 g/mol. The zero-order valence-corrected chi connectivity index (χ0v) is 14.3. The summed E-state index contributed by atoms with van der Waals surface area (Å²) in [6, 6.07) is 16.1. The second-order valence-corrected chi connectivity index (χ2v) is 6.71. The van der Waals surface area contributed by atoms with Crippen molar-refractivity contribution in [3.8, 4) is 11.4 Å². The fourth-order valence-corrected chi connectivity index (χ4v) is 3.48. The molecule has 5 heteroatoms. The van der Waals surface area contributed by atoms with E-state index in [1.165, 1.54) is 0 Å². The van der Waals surface area contributed by atoms with E-state index >= 15 is 0 Å². The molecule has 0 radical (unpaired) electrons. The number of hydrogen-bond acceptors (Lipinski definition) is 3. The Balaban J connectivity index is 1.61. The van der Waals surface area contributed by atoms with E-state index < -0.39 is 0 Å². The topological polar surface area (TPSA) is 69.8 Å². The number of hydrogen-bond donors (Lipinski definition) is 3. The minimum absolute atomic E-state index is 0.0555. The van der Waals surface area contributed by atoms with E-state index in [9.17, 15) is 4.79 Å². The van der Waals surface area contributed by atoms with Crippen LogP contribution in [0.25, 0.3) is 22.4 Å². The molecule has 3 aromatic rings. The zero-order valence-electron chi connectivity index (χ0n) is 14.3. The number of imidazole rings is 1. The predicted octanol–water partition coefficient (Wildman–Crippen LogP) is 3.56. The van der Waals surface area contributed by atoms with Crippen molar-refractivity contribution in [2.75, 3.05) is 11.9 Å². The number of piperidine rings is 1. The molecule has 3 N–H and O–H groups in total. The Kier molecular flexibility index (Phi) is 4.24. The summed E-state index contributed by atoms with van der Waals surface area (Å²) in [5.41, 5.74) is 3.63. The summed E-state index contributed by atoms with van der Waals surface area (Å²) < 4.78 is 0. The number of aromatic amines is 1. The summed E-state index contributed by atoms with van der Waals surface area (Å²) in [6.07, 6.45) is 1.75.